The Bertz CT molecular complexity index is 268. The third kappa shape index (κ3) is 5.07. The highest BCUT2D eigenvalue weighted by atomic mass is 127. The zero-order chi connectivity index (χ0) is 10.2. The predicted molar refractivity (Wildman–Crippen MR) is 69.3 cm³/mol. The van der Waals surface area contributed by atoms with Gasteiger partial charge in [-0.25, -0.2) is 0 Å². The molecular formula is C10H13IO2S. The maximum absolute atomic E-state index is 5.48. The van der Waals surface area contributed by atoms with Crippen LogP contribution in [0.15, 0.2) is 24.3 Å². The van der Waals surface area contributed by atoms with Crippen LogP contribution in [-0.4, -0.2) is 25.6 Å². The summed E-state index contributed by atoms with van der Waals surface area (Å²) in [6, 6.07) is 7.95. The smallest absolute Gasteiger partial charge is 0.120 e. The Morgan fingerprint density at radius 2 is 2.07 bits per heavy atom. The summed E-state index contributed by atoms with van der Waals surface area (Å²) >= 11 is 6.30. The van der Waals surface area contributed by atoms with Crippen molar-refractivity contribution in [1.82, 2.24) is 0 Å². The fourth-order valence-corrected chi connectivity index (χ4v) is 1.59. The fourth-order valence-electron chi connectivity index (χ4n) is 0.942. The van der Waals surface area contributed by atoms with Crippen LogP contribution in [0.25, 0.3) is 0 Å². The van der Waals surface area contributed by atoms with Crippen LogP contribution < -0.4 is 4.74 Å². The first kappa shape index (κ1) is 12.1. The summed E-state index contributed by atoms with van der Waals surface area (Å²) in [6.45, 7) is 1.89. The van der Waals surface area contributed by atoms with Gasteiger partial charge in [0.1, 0.15) is 12.4 Å². The normalized spacial score (nSPS) is 10.1. The molecule has 1 aromatic rings. The van der Waals surface area contributed by atoms with E-state index in [4.69, 9.17) is 9.47 Å². The molecule has 4 heteroatoms. The molecule has 0 N–H and O–H groups in total. The molecule has 0 saturated carbocycles. The number of hydrogen-bond acceptors (Lipinski definition) is 3. The van der Waals surface area contributed by atoms with E-state index in [-0.39, 0.29) is 0 Å². The van der Waals surface area contributed by atoms with E-state index in [1.54, 1.807) is 0 Å². The molecule has 0 fully saturated rings. The molecule has 0 heterocycles. The maximum atomic E-state index is 5.48. The van der Waals surface area contributed by atoms with Crippen LogP contribution in [0.5, 0.6) is 5.75 Å². The number of halogens is 1. The van der Waals surface area contributed by atoms with Gasteiger partial charge in [-0.05, 0) is 40.8 Å². The summed E-state index contributed by atoms with van der Waals surface area (Å²) in [4.78, 5) is 0. The van der Waals surface area contributed by atoms with Crippen molar-refractivity contribution in [1.29, 1.82) is 0 Å². The van der Waals surface area contributed by atoms with Gasteiger partial charge in [0.2, 0.25) is 0 Å². The predicted octanol–water partition coefficient (Wildman–Crippen LogP) is 2.62. The highest BCUT2D eigenvalue weighted by molar-refractivity contribution is 14.1. The van der Waals surface area contributed by atoms with Gasteiger partial charge in [0, 0.05) is 9.32 Å². The van der Waals surface area contributed by atoms with Gasteiger partial charge < -0.3 is 9.47 Å². The van der Waals surface area contributed by atoms with Gasteiger partial charge in [0.15, 0.2) is 0 Å². The summed E-state index contributed by atoms with van der Waals surface area (Å²) in [5, 5.41) is 0. The van der Waals surface area contributed by atoms with Crippen molar-refractivity contribution in [3.63, 3.8) is 0 Å². The summed E-state index contributed by atoms with van der Waals surface area (Å²) in [7, 11) is 0. The molecule has 1 rings (SSSR count). The molecular weight excluding hydrogens is 311 g/mol. The number of hydrogen-bond donors (Lipinski definition) is 1. The number of benzene rings is 1. The average Bonchev–Trinajstić information content (AvgIpc) is 2.18. The minimum Gasteiger partial charge on any atom is -0.491 e. The summed E-state index contributed by atoms with van der Waals surface area (Å²) in [6.07, 6.45) is 0. The zero-order valence-corrected chi connectivity index (χ0v) is 10.8. The second kappa shape index (κ2) is 7.36. The van der Waals surface area contributed by atoms with Gasteiger partial charge in [0.05, 0.1) is 13.2 Å². The minimum atomic E-state index is 0.591. The molecule has 0 atom stereocenters. The van der Waals surface area contributed by atoms with Gasteiger partial charge in [-0.2, -0.15) is 12.6 Å². The summed E-state index contributed by atoms with van der Waals surface area (Å²) < 4.78 is 11.9. The molecule has 0 aromatic heterocycles. The summed E-state index contributed by atoms with van der Waals surface area (Å²) in [5.74, 6) is 1.65. The molecule has 0 aliphatic heterocycles. The van der Waals surface area contributed by atoms with Crippen molar-refractivity contribution < 1.29 is 9.47 Å². The number of ether oxygens (including phenoxy) is 2. The molecule has 0 aliphatic carbocycles. The second-order valence-electron chi connectivity index (χ2n) is 2.64. The van der Waals surface area contributed by atoms with Crippen molar-refractivity contribution >= 4 is 35.2 Å². The molecule has 0 amide bonds. The van der Waals surface area contributed by atoms with Crippen molar-refractivity contribution in [3.05, 3.63) is 27.8 Å². The van der Waals surface area contributed by atoms with Crippen LogP contribution in [0.2, 0.25) is 0 Å². The molecule has 78 valence electrons. The molecule has 2 nitrogen and oxygen atoms in total. The standard InChI is InChI=1S/C10H13IO2S/c11-9-2-1-3-10(8-9)13-5-4-12-6-7-14/h1-3,8,14H,4-7H2. The Hall–Kier alpha value is 0.0600. The van der Waals surface area contributed by atoms with Crippen molar-refractivity contribution in [2.45, 2.75) is 0 Å². The molecule has 0 radical (unpaired) electrons. The van der Waals surface area contributed by atoms with E-state index < -0.39 is 0 Å². The van der Waals surface area contributed by atoms with E-state index >= 15 is 0 Å². The third-order valence-electron chi connectivity index (χ3n) is 1.53. The quantitative estimate of drug-likeness (QED) is 0.493. The molecule has 0 aliphatic rings. The molecule has 0 saturated heterocycles. The lowest BCUT2D eigenvalue weighted by atomic mass is 10.3. The van der Waals surface area contributed by atoms with Crippen molar-refractivity contribution in [2.24, 2.45) is 0 Å². The Kier molecular flexibility index (Phi) is 6.38. The van der Waals surface area contributed by atoms with E-state index in [0.717, 1.165) is 11.5 Å². The van der Waals surface area contributed by atoms with Crippen molar-refractivity contribution in [3.8, 4) is 5.75 Å². The van der Waals surface area contributed by atoms with Crippen LogP contribution in [0.4, 0.5) is 0 Å². The van der Waals surface area contributed by atoms with E-state index in [0.29, 0.717) is 19.8 Å². The van der Waals surface area contributed by atoms with E-state index in [2.05, 4.69) is 35.2 Å². The van der Waals surface area contributed by atoms with Gasteiger partial charge in [-0.15, -0.1) is 0 Å². The van der Waals surface area contributed by atoms with Crippen LogP contribution in [-0.2, 0) is 4.74 Å². The molecule has 0 spiro atoms. The largest absolute Gasteiger partial charge is 0.491 e. The average molecular weight is 324 g/mol. The zero-order valence-electron chi connectivity index (χ0n) is 7.78. The second-order valence-corrected chi connectivity index (χ2v) is 4.33. The monoisotopic (exact) mass is 324 g/mol. The first-order valence-electron chi connectivity index (χ1n) is 4.40. The van der Waals surface area contributed by atoms with Crippen LogP contribution in [0.3, 0.4) is 0 Å². The van der Waals surface area contributed by atoms with Crippen molar-refractivity contribution in [2.75, 3.05) is 25.6 Å². The minimum absolute atomic E-state index is 0.591. The first-order valence-corrected chi connectivity index (χ1v) is 6.11. The SMILES string of the molecule is SCCOCCOc1cccc(I)c1. The van der Waals surface area contributed by atoms with Crippen LogP contribution in [0, 0.1) is 3.57 Å². The fraction of sp³-hybridized carbons (Fsp3) is 0.400. The molecule has 1 aromatic carbocycles. The Morgan fingerprint density at radius 3 is 2.79 bits per heavy atom. The first-order chi connectivity index (χ1) is 6.83. The van der Waals surface area contributed by atoms with Crippen LogP contribution >= 0.6 is 35.2 Å². The van der Waals surface area contributed by atoms with Gasteiger partial charge in [0.25, 0.3) is 0 Å². The van der Waals surface area contributed by atoms with E-state index in [9.17, 15) is 0 Å². The maximum Gasteiger partial charge on any atom is 0.120 e. The Morgan fingerprint density at radius 1 is 1.21 bits per heavy atom. The highest BCUT2D eigenvalue weighted by Crippen LogP contribution is 2.14. The van der Waals surface area contributed by atoms with Gasteiger partial charge in [-0.1, -0.05) is 6.07 Å². The lowest BCUT2D eigenvalue weighted by molar-refractivity contribution is 0.112. The number of thiol groups is 1. The van der Waals surface area contributed by atoms with Gasteiger partial charge in [-0.3, -0.25) is 0 Å². The van der Waals surface area contributed by atoms with Gasteiger partial charge >= 0.3 is 0 Å². The van der Waals surface area contributed by atoms with E-state index in [1.807, 2.05) is 24.3 Å². The highest BCUT2D eigenvalue weighted by Gasteiger charge is 1.94. The molecule has 0 bridgehead atoms. The molecule has 14 heavy (non-hydrogen) atoms. The Balaban J connectivity index is 2.18. The Labute approximate surface area is 104 Å². The topological polar surface area (TPSA) is 18.5 Å². The van der Waals surface area contributed by atoms with E-state index in [1.165, 1.54) is 3.57 Å². The number of rotatable bonds is 6. The summed E-state index contributed by atoms with van der Waals surface area (Å²) in [5.41, 5.74) is 0. The lowest BCUT2D eigenvalue weighted by Crippen LogP contribution is -2.07. The lowest BCUT2D eigenvalue weighted by Gasteiger charge is -2.06. The molecule has 0 unspecified atom stereocenters. The third-order valence-corrected chi connectivity index (χ3v) is 2.38. The van der Waals surface area contributed by atoms with Crippen LogP contribution in [0.1, 0.15) is 0 Å².